The van der Waals surface area contributed by atoms with Crippen molar-refractivity contribution in [1.29, 1.82) is 0 Å². The third kappa shape index (κ3) is 8.62. The molecule has 0 radical (unpaired) electrons. The number of nitrogens with one attached hydrogen (secondary N) is 3. The summed E-state index contributed by atoms with van der Waals surface area (Å²) in [7, 11) is 0. The van der Waals surface area contributed by atoms with Crippen LogP contribution in [-0.4, -0.2) is 24.3 Å². The van der Waals surface area contributed by atoms with Gasteiger partial charge in [-0.2, -0.15) is 0 Å². The van der Waals surface area contributed by atoms with Gasteiger partial charge in [0.1, 0.15) is 5.60 Å². The minimum atomic E-state index is -0.529. The number of hydrogen-bond acceptors (Lipinski definition) is 3. The molecular formula is C21H31N3O3. The van der Waals surface area contributed by atoms with E-state index in [1.165, 1.54) is 18.4 Å². The van der Waals surface area contributed by atoms with E-state index < -0.39 is 11.7 Å². The zero-order chi connectivity index (χ0) is 19.7. The van der Waals surface area contributed by atoms with Crippen LogP contribution in [0.5, 0.6) is 0 Å². The van der Waals surface area contributed by atoms with Gasteiger partial charge in [-0.15, -0.1) is 0 Å². The van der Waals surface area contributed by atoms with Gasteiger partial charge in [-0.05, 0) is 70.6 Å². The van der Waals surface area contributed by atoms with Crippen LogP contribution in [0.3, 0.4) is 0 Å². The Bertz CT molecular complexity index is 677. The van der Waals surface area contributed by atoms with Crippen LogP contribution in [0.4, 0.5) is 15.3 Å². The fraction of sp³-hybridized carbons (Fsp3) is 0.524. The van der Waals surface area contributed by atoms with Crippen molar-refractivity contribution in [2.45, 2.75) is 65.0 Å². The summed E-state index contributed by atoms with van der Waals surface area (Å²) >= 11 is 0. The molecule has 1 aromatic carbocycles. The first-order valence-electron chi connectivity index (χ1n) is 9.60. The predicted molar refractivity (Wildman–Crippen MR) is 108 cm³/mol. The number of urea groups is 1. The molecule has 6 heteroatoms. The van der Waals surface area contributed by atoms with E-state index in [2.05, 4.69) is 22.0 Å². The fourth-order valence-electron chi connectivity index (χ4n) is 2.89. The molecule has 0 fully saturated rings. The van der Waals surface area contributed by atoms with Crippen LogP contribution in [0.1, 0.15) is 58.4 Å². The number of anilines is 1. The number of carbonyl (C=O) groups is 2. The third-order valence-corrected chi connectivity index (χ3v) is 4.14. The Morgan fingerprint density at radius 1 is 1.15 bits per heavy atom. The highest BCUT2D eigenvalue weighted by Crippen LogP contribution is 2.19. The molecule has 3 amide bonds. The fourth-order valence-corrected chi connectivity index (χ4v) is 2.89. The van der Waals surface area contributed by atoms with Crippen LogP contribution in [-0.2, 0) is 11.3 Å². The van der Waals surface area contributed by atoms with E-state index in [4.69, 9.17) is 4.74 Å². The molecule has 0 aliphatic heterocycles. The van der Waals surface area contributed by atoms with E-state index in [0.29, 0.717) is 18.8 Å². The molecule has 0 spiro atoms. The van der Waals surface area contributed by atoms with Gasteiger partial charge < -0.3 is 20.7 Å². The van der Waals surface area contributed by atoms with Crippen molar-refractivity contribution in [2.24, 2.45) is 0 Å². The monoisotopic (exact) mass is 373 g/mol. The van der Waals surface area contributed by atoms with Gasteiger partial charge in [0.2, 0.25) is 0 Å². The molecule has 6 nitrogen and oxygen atoms in total. The van der Waals surface area contributed by atoms with Gasteiger partial charge in [0, 0.05) is 18.8 Å². The lowest BCUT2D eigenvalue weighted by Gasteiger charge is -2.19. The lowest BCUT2D eigenvalue weighted by Crippen LogP contribution is -2.32. The van der Waals surface area contributed by atoms with Crippen molar-refractivity contribution in [1.82, 2.24) is 10.6 Å². The molecule has 0 atom stereocenters. The summed E-state index contributed by atoms with van der Waals surface area (Å²) in [4.78, 5) is 23.8. The van der Waals surface area contributed by atoms with Crippen LogP contribution in [0, 0.1) is 0 Å². The number of allylic oxidation sites excluding steroid dienone is 1. The maximum absolute atomic E-state index is 12.1. The average molecular weight is 373 g/mol. The minimum absolute atomic E-state index is 0.219. The lowest BCUT2D eigenvalue weighted by atomic mass is 9.97. The second-order valence-corrected chi connectivity index (χ2v) is 7.79. The van der Waals surface area contributed by atoms with E-state index >= 15 is 0 Å². The van der Waals surface area contributed by atoms with E-state index in [0.717, 1.165) is 24.8 Å². The van der Waals surface area contributed by atoms with Crippen molar-refractivity contribution in [3.63, 3.8) is 0 Å². The first-order chi connectivity index (χ1) is 12.8. The number of carbonyl (C=O) groups excluding carboxylic acids is 2. The van der Waals surface area contributed by atoms with Gasteiger partial charge in [-0.25, -0.2) is 9.59 Å². The molecular weight excluding hydrogens is 342 g/mol. The highest BCUT2D eigenvalue weighted by atomic mass is 16.6. The summed E-state index contributed by atoms with van der Waals surface area (Å²) in [5.74, 6) is 0. The number of amides is 3. The maximum atomic E-state index is 12.1. The van der Waals surface area contributed by atoms with Crippen molar-refractivity contribution in [2.75, 3.05) is 11.9 Å². The molecule has 0 bridgehead atoms. The molecule has 1 aromatic rings. The summed E-state index contributed by atoms with van der Waals surface area (Å²) in [6.45, 7) is 6.43. The molecule has 1 aliphatic rings. The van der Waals surface area contributed by atoms with Crippen LogP contribution in [0.2, 0.25) is 0 Å². The molecule has 0 saturated carbocycles. The van der Waals surface area contributed by atoms with Crippen molar-refractivity contribution in [3.8, 4) is 0 Å². The lowest BCUT2D eigenvalue weighted by molar-refractivity contribution is 0.0523. The van der Waals surface area contributed by atoms with Gasteiger partial charge >= 0.3 is 12.1 Å². The van der Waals surface area contributed by atoms with Gasteiger partial charge in [0.25, 0.3) is 0 Å². The highest BCUT2D eigenvalue weighted by molar-refractivity contribution is 5.89. The topological polar surface area (TPSA) is 79.5 Å². The first kappa shape index (κ1) is 20.8. The normalized spacial score (nSPS) is 14.1. The molecule has 148 valence electrons. The number of rotatable bonds is 6. The second kappa shape index (κ2) is 10.00. The van der Waals surface area contributed by atoms with Crippen LogP contribution >= 0.6 is 0 Å². The largest absolute Gasteiger partial charge is 0.444 e. The molecule has 0 saturated heterocycles. The Balaban J connectivity index is 1.74. The Morgan fingerprint density at radius 2 is 1.96 bits per heavy atom. The zero-order valence-electron chi connectivity index (χ0n) is 16.6. The Morgan fingerprint density at radius 3 is 2.67 bits per heavy atom. The standard InChI is InChI=1S/C21H31N3O3/c1-21(2,3)27-20(26)23-15-17-10-7-11-18(14-17)24-19(25)22-13-12-16-8-5-4-6-9-16/h7-8,10-11,14H,4-6,9,12-13,15H2,1-3H3,(H,23,26)(H2,22,24,25). The highest BCUT2D eigenvalue weighted by Gasteiger charge is 2.15. The van der Waals surface area contributed by atoms with Gasteiger partial charge in [0.15, 0.2) is 0 Å². The number of ether oxygens (including phenoxy) is 1. The van der Waals surface area contributed by atoms with Crippen LogP contribution in [0.15, 0.2) is 35.9 Å². The summed E-state index contributed by atoms with van der Waals surface area (Å²) in [6, 6.07) is 7.16. The predicted octanol–water partition coefficient (Wildman–Crippen LogP) is 4.72. The van der Waals surface area contributed by atoms with E-state index in [9.17, 15) is 9.59 Å². The Kier molecular flexibility index (Phi) is 7.70. The van der Waals surface area contributed by atoms with Crippen LogP contribution in [0.25, 0.3) is 0 Å². The SMILES string of the molecule is CC(C)(C)OC(=O)NCc1cccc(NC(=O)NCCC2=CCCCC2)c1. The Labute approximate surface area is 161 Å². The van der Waals surface area contributed by atoms with Crippen LogP contribution < -0.4 is 16.0 Å². The van der Waals surface area contributed by atoms with Crippen molar-refractivity contribution in [3.05, 3.63) is 41.5 Å². The Hall–Kier alpha value is -2.50. The maximum Gasteiger partial charge on any atom is 0.407 e. The molecule has 0 aromatic heterocycles. The van der Waals surface area contributed by atoms with E-state index in [-0.39, 0.29) is 6.03 Å². The quantitative estimate of drug-likeness (QED) is 0.631. The van der Waals surface area contributed by atoms with Crippen molar-refractivity contribution >= 4 is 17.8 Å². The second-order valence-electron chi connectivity index (χ2n) is 7.79. The van der Waals surface area contributed by atoms with Gasteiger partial charge in [-0.3, -0.25) is 0 Å². The summed E-state index contributed by atoms with van der Waals surface area (Å²) in [5, 5.41) is 8.44. The number of hydrogen-bond donors (Lipinski definition) is 3. The molecule has 2 rings (SSSR count). The molecule has 1 aliphatic carbocycles. The van der Waals surface area contributed by atoms with Gasteiger partial charge in [0.05, 0.1) is 0 Å². The van der Waals surface area contributed by atoms with E-state index in [1.54, 1.807) is 0 Å². The summed E-state index contributed by atoms with van der Waals surface area (Å²) in [6.07, 6.45) is 7.58. The van der Waals surface area contributed by atoms with Crippen molar-refractivity contribution < 1.29 is 14.3 Å². The first-order valence-corrected chi connectivity index (χ1v) is 9.60. The average Bonchev–Trinajstić information content (AvgIpc) is 2.60. The molecule has 3 N–H and O–H groups in total. The number of benzene rings is 1. The van der Waals surface area contributed by atoms with Gasteiger partial charge in [-0.1, -0.05) is 23.8 Å². The summed E-state index contributed by atoms with van der Waals surface area (Å²) < 4.78 is 5.21. The zero-order valence-corrected chi connectivity index (χ0v) is 16.6. The molecule has 0 unspecified atom stereocenters. The third-order valence-electron chi connectivity index (χ3n) is 4.14. The number of alkyl carbamates (subject to hydrolysis) is 1. The van der Waals surface area contributed by atoms with E-state index in [1.807, 2.05) is 45.0 Å². The minimum Gasteiger partial charge on any atom is -0.444 e. The molecule has 27 heavy (non-hydrogen) atoms. The molecule has 0 heterocycles. The summed E-state index contributed by atoms with van der Waals surface area (Å²) in [5.41, 5.74) is 2.48. The smallest absolute Gasteiger partial charge is 0.407 e.